The molecular formula is C14H16INO. The van der Waals surface area contributed by atoms with E-state index in [1.165, 1.54) is 29.3 Å². The fourth-order valence-electron chi connectivity index (χ4n) is 3.14. The Balaban J connectivity index is 1.62. The first kappa shape index (κ1) is 11.5. The number of rotatable bonds is 2. The molecule has 17 heavy (non-hydrogen) atoms. The Morgan fingerprint density at radius 3 is 2.29 bits per heavy atom. The summed E-state index contributed by atoms with van der Waals surface area (Å²) in [5, 5.41) is 3.05. The number of halogens is 1. The third-order valence-corrected chi connectivity index (χ3v) is 4.79. The largest absolute Gasteiger partial charge is 0.326 e. The van der Waals surface area contributed by atoms with Gasteiger partial charge in [-0.1, -0.05) is 12.8 Å². The molecule has 3 rings (SSSR count). The fraction of sp³-hybridized carbons (Fsp3) is 0.500. The van der Waals surface area contributed by atoms with E-state index in [1.54, 1.807) is 0 Å². The number of fused-ring (bicyclic) bond motifs is 1. The van der Waals surface area contributed by atoms with E-state index in [0.29, 0.717) is 17.8 Å². The number of amides is 1. The molecule has 0 radical (unpaired) electrons. The molecule has 2 nitrogen and oxygen atoms in total. The van der Waals surface area contributed by atoms with Gasteiger partial charge in [-0.15, -0.1) is 0 Å². The van der Waals surface area contributed by atoms with Crippen LogP contribution < -0.4 is 5.32 Å². The Morgan fingerprint density at radius 1 is 1.12 bits per heavy atom. The number of anilines is 1. The van der Waals surface area contributed by atoms with E-state index < -0.39 is 0 Å². The first-order valence-electron chi connectivity index (χ1n) is 6.32. The van der Waals surface area contributed by atoms with Crippen LogP contribution in [0.3, 0.4) is 0 Å². The van der Waals surface area contributed by atoms with E-state index in [4.69, 9.17) is 0 Å². The van der Waals surface area contributed by atoms with Crippen molar-refractivity contribution in [3.63, 3.8) is 0 Å². The van der Waals surface area contributed by atoms with Crippen LogP contribution in [0.2, 0.25) is 0 Å². The molecular weight excluding hydrogens is 325 g/mol. The van der Waals surface area contributed by atoms with Crippen molar-refractivity contribution >= 4 is 34.2 Å². The molecule has 2 aliphatic carbocycles. The van der Waals surface area contributed by atoms with Crippen molar-refractivity contribution in [1.82, 2.24) is 0 Å². The Morgan fingerprint density at radius 2 is 1.71 bits per heavy atom. The van der Waals surface area contributed by atoms with Gasteiger partial charge in [-0.25, -0.2) is 0 Å². The smallest absolute Gasteiger partial charge is 0.228 e. The van der Waals surface area contributed by atoms with E-state index in [-0.39, 0.29) is 5.91 Å². The maximum atomic E-state index is 12.1. The van der Waals surface area contributed by atoms with Crippen LogP contribution in [0.15, 0.2) is 24.3 Å². The lowest BCUT2D eigenvalue weighted by Crippen LogP contribution is -2.15. The first-order valence-corrected chi connectivity index (χ1v) is 7.40. The normalized spacial score (nSPS) is 30.5. The second kappa shape index (κ2) is 4.59. The summed E-state index contributed by atoms with van der Waals surface area (Å²) in [5.41, 5.74) is 0.930. The number of benzene rings is 1. The predicted molar refractivity (Wildman–Crippen MR) is 76.7 cm³/mol. The molecule has 2 aliphatic rings. The number of hydrogen-bond donors (Lipinski definition) is 1. The van der Waals surface area contributed by atoms with Gasteiger partial charge in [0.05, 0.1) is 0 Å². The van der Waals surface area contributed by atoms with Crippen LogP contribution >= 0.6 is 22.6 Å². The average molecular weight is 341 g/mol. The van der Waals surface area contributed by atoms with Crippen LogP contribution in [0.25, 0.3) is 0 Å². The highest BCUT2D eigenvalue weighted by atomic mass is 127. The molecule has 1 aromatic carbocycles. The molecule has 0 spiro atoms. The maximum Gasteiger partial charge on any atom is 0.228 e. The topological polar surface area (TPSA) is 29.1 Å². The van der Waals surface area contributed by atoms with Gasteiger partial charge in [-0.05, 0) is 71.5 Å². The molecule has 90 valence electrons. The third kappa shape index (κ3) is 2.34. The van der Waals surface area contributed by atoms with Gasteiger partial charge in [0.25, 0.3) is 0 Å². The van der Waals surface area contributed by atoms with E-state index in [9.17, 15) is 4.79 Å². The van der Waals surface area contributed by atoms with E-state index in [1.807, 2.05) is 24.3 Å². The van der Waals surface area contributed by atoms with Crippen molar-refractivity contribution in [3.8, 4) is 0 Å². The Kier molecular flexibility index (Phi) is 3.11. The van der Waals surface area contributed by atoms with Crippen molar-refractivity contribution in [2.45, 2.75) is 25.7 Å². The van der Waals surface area contributed by atoms with Crippen molar-refractivity contribution in [1.29, 1.82) is 0 Å². The zero-order valence-electron chi connectivity index (χ0n) is 9.66. The third-order valence-electron chi connectivity index (χ3n) is 4.07. The summed E-state index contributed by atoms with van der Waals surface area (Å²) in [4.78, 5) is 12.1. The van der Waals surface area contributed by atoms with Crippen LogP contribution in [0, 0.1) is 21.3 Å². The van der Waals surface area contributed by atoms with Crippen LogP contribution in [0.1, 0.15) is 25.7 Å². The highest BCUT2D eigenvalue weighted by molar-refractivity contribution is 14.1. The predicted octanol–water partition coefficient (Wildman–Crippen LogP) is 3.67. The zero-order chi connectivity index (χ0) is 11.8. The summed E-state index contributed by atoms with van der Waals surface area (Å²) in [6.07, 6.45) is 5.15. The van der Waals surface area contributed by atoms with Crippen LogP contribution in [0.5, 0.6) is 0 Å². The number of hydrogen-bond acceptors (Lipinski definition) is 1. The van der Waals surface area contributed by atoms with Gasteiger partial charge in [-0.3, -0.25) is 4.79 Å². The lowest BCUT2D eigenvalue weighted by Gasteiger charge is -2.04. The first-order chi connectivity index (χ1) is 8.25. The van der Waals surface area contributed by atoms with E-state index >= 15 is 0 Å². The SMILES string of the molecule is O=C(Nc1ccc(I)cc1)C1[C@H]2CCCC[C@@H]12. The lowest BCUT2D eigenvalue weighted by atomic mass is 10.0. The zero-order valence-corrected chi connectivity index (χ0v) is 11.8. The quantitative estimate of drug-likeness (QED) is 0.818. The van der Waals surface area contributed by atoms with Gasteiger partial charge in [-0.2, -0.15) is 0 Å². The van der Waals surface area contributed by atoms with Crippen LogP contribution in [-0.4, -0.2) is 5.91 Å². The molecule has 0 aromatic heterocycles. The van der Waals surface area contributed by atoms with Gasteiger partial charge >= 0.3 is 0 Å². The summed E-state index contributed by atoms with van der Waals surface area (Å²) < 4.78 is 1.20. The molecule has 1 aromatic rings. The molecule has 3 heteroatoms. The Labute approximate surface area is 115 Å². The average Bonchev–Trinajstić information content (AvgIpc) is 3.06. The van der Waals surface area contributed by atoms with Gasteiger partial charge in [0.1, 0.15) is 0 Å². The van der Waals surface area contributed by atoms with Crippen LogP contribution in [-0.2, 0) is 4.79 Å². The Hall–Kier alpha value is -0.580. The summed E-state index contributed by atoms with van der Waals surface area (Å²) in [7, 11) is 0. The van der Waals surface area contributed by atoms with Crippen molar-refractivity contribution < 1.29 is 4.79 Å². The number of carbonyl (C=O) groups is 1. The number of nitrogens with one attached hydrogen (secondary N) is 1. The lowest BCUT2D eigenvalue weighted by molar-refractivity contribution is -0.117. The number of carbonyl (C=O) groups excluding carboxylic acids is 1. The monoisotopic (exact) mass is 341 g/mol. The standard InChI is InChI=1S/C14H16INO/c15-9-5-7-10(8-6-9)16-14(17)13-11-3-1-2-4-12(11)13/h5-8,11-13H,1-4H2,(H,16,17)/t11-,12+,13?. The van der Waals surface area contributed by atoms with Gasteiger partial charge < -0.3 is 5.32 Å². The summed E-state index contributed by atoms with van der Waals surface area (Å²) in [5.74, 6) is 1.92. The van der Waals surface area contributed by atoms with Gasteiger partial charge in [0, 0.05) is 15.2 Å². The van der Waals surface area contributed by atoms with Crippen molar-refractivity contribution in [2.75, 3.05) is 5.32 Å². The maximum absolute atomic E-state index is 12.1. The second-order valence-corrected chi connectivity index (χ2v) is 6.38. The second-order valence-electron chi connectivity index (χ2n) is 5.13. The molecule has 3 atom stereocenters. The molecule has 2 saturated carbocycles. The van der Waals surface area contributed by atoms with Gasteiger partial charge in [0.15, 0.2) is 0 Å². The molecule has 0 heterocycles. The molecule has 1 N–H and O–H groups in total. The van der Waals surface area contributed by atoms with E-state index in [0.717, 1.165) is 5.69 Å². The molecule has 2 fully saturated rings. The van der Waals surface area contributed by atoms with Crippen LogP contribution in [0.4, 0.5) is 5.69 Å². The summed E-state index contributed by atoms with van der Waals surface area (Å²) >= 11 is 2.27. The Bertz CT molecular complexity index is 416. The highest BCUT2D eigenvalue weighted by Gasteiger charge is 2.54. The fourth-order valence-corrected chi connectivity index (χ4v) is 3.50. The van der Waals surface area contributed by atoms with Crippen molar-refractivity contribution in [2.24, 2.45) is 17.8 Å². The van der Waals surface area contributed by atoms with E-state index in [2.05, 4.69) is 27.9 Å². The molecule has 1 unspecified atom stereocenters. The molecule has 1 amide bonds. The summed E-state index contributed by atoms with van der Waals surface area (Å²) in [6.45, 7) is 0. The molecule has 0 bridgehead atoms. The minimum atomic E-state index is 0.239. The minimum absolute atomic E-state index is 0.239. The molecule has 0 aliphatic heterocycles. The molecule has 0 saturated heterocycles. The van der Waals surface area contributed by atoms with Crippen molar-refractivity contribution in [3.05, 3.63) is 27.8 Å². The highest BCUT2D eigenvalue weighted by Crippen LogP contribution is 2.55. The summed E-state index contributed by atoms with van der Waals surface area (Å²) in [6, 6.07) is 8.00. The van der Waals surface area contributed by atoms with Gasteiger partial charge in [0.2, 0.25) is 5.91 Å². The minimum Gasteiger partial charge on any atom is -0.326 e.